The quantitative estimate of drug-likeness (QED) is 0.800. The van der Waals surface area contributed by atoms with Crippen molar-refractivity contribution in [2.24, 2.45) is 0 Å². The van der Waals surface area contributed by atoms with Crippen LogP contribution < -0.4 is 5.32 Å². The van der Waals surface area contributed by atoms with Crippen molar-refractivity contribution in [2.45, 2.75) is 19.8 Å². The second-order valence-corrected chi connectivity index (χ2v) is 6.42. The Bertz CT molecular complexity index is 825. The molecule has 1 aliphatic rings. The van der Waals surface area contributed by atoms with E-state index in [-0.39, 0.29) is 11.1 Å². The lowest BCUT2D eigenvalue weighted by Crippen LogP contribution is -2.30. The topological polar surface area (TPSA) is 99.5 Å². The van der Waals surface area contributed by atoms with Crippen LogP contribution in [0.1, 0.15) is 24.6 Å². The van der Waals surface area contributed by atoms with Crippen molar-refractivity contribution >= 4 is 33.4 Å². The van der Waals surface area contributed by atoms with Crippen molar-refractivity contribution in [1.29, 1.82) is 0 Å². The fourth-order valence-corrected chi connectivity index (χ4v) is 4.04. The van der Waals surface area contributed by atoms with Crippen LogP contribution in [0.25, 0.3) is 10.1 Å². The molecule has 0 aliphatic carbocycles. The second kappa shape index (κ2) is 5.51. The van der Waals surface area contributed by atoms with Gasteiger partial charge in [-0.25, -0.2) is 9.59 Å². The minimum atomic E-state index is -1.12. The Morgan fingerprint density at radius 1 is 1.17 bits per heavy atom. The standard InChI is InChI=1S/C16H14N2O4S/c1-7-12(15(19)20)14(13(16(21)22)8(2)18-7)11-5-9-6-17-4-3-10(9)23-11/h3-6,14,18H,1-2H3,(H,19,20)(H,21,22). The number of rotatable bonds is 3. The highest BCUT2D eigenvalue weighted by atomic mass is 32.1. The third-order valence-electron chi connectivity index (χ3n) is 3.84. The van der Waals surface area contributed by atoms with E-state index in [9.17, 15) is 19.8 Å². The molecule has 23 heavy (non-hydrogen) atoms. The fraction of sp³-hybridized carbons (Fsp3) is 0.188. The number of dihydropyridines is 1. The van der Waals surface area contributed by atoms with E-state index in [0.29, 0.717) is 16.3 Å². The molecule has 3 N–H and O–H groups in total. The number of carbonyl (C=O) groups is 2. The van der Waals surface area contributed by atoms with Gasteiger partial charge in [-0.1, -0.05) is 0 Å². The van der Waals surface area contributed by atoms with E-state index < -0.39 is 17.9 Å². The van der Waals surface area contributed by atoms with Gasteiger partial charge in [-0.05, 0) is 26.0 Å². The van der Waals surface area contributed by atoms with Gasteiger partial charge in [-0.2, -0.15) is 0 Å². The molecule has 2 aromatic rings. The van der Waals surface area contributed by atoms with Gasteiger partial charge in [0.1, 0.15) is 0 Å². The first-order valence-electron chi connectivity index (χ1n) is 6.88. The van der Waals surface area contributed by atoms with E-state index in [1.54, 1.807) is 26.2 Å². The molecular formula is C16H14N2O4S. The molecule has 3 heterocycles. The summed E-state index contributed by atoms with van der Waals surface area (Å²) in [6, 6.07) is 3.65. The average Bonchev–Trinajstić information content (AvgIpc) is 2.88. The first-order valence-corrected chi connectivity index (χ1v) is 7.70. The van der Waals surface area contributed by atoms with Gasteiger partial charge in [-0.3, -0.25) is 4.98 Å². The minimum Gasteiger partial charge on any atom is -0.478 e. The summed E-state index contributed by atoms with van der Waals surface area (Å²) in [5, 5.41) is 22.9. The predicted molar refractivity (Wildman–Crippen MR) is 86.2 cm³/mol. The summed E-state index contributed by atoms with van der Waals surface area (Å²) in [7, 11) is 0. The number of carboxylic acid groups (broad SMARTS) is 2. The Hall–Kier alpha value is -2.67. The number of allylic oxidation sites excluding steroid dienone is 2. The number of hydrogen-bond donors (Lipinski definition) is 3. The third kappa shape index (κ3) is 2.49. The zero-order valence-corrected chi connectivity index (χ0v) is 13.3. The maximum Gasteiger partial charge on any atom is 0.334 e. The molecule has 0 saturated heterocycles. The Kier molecular flexibility index (Phi) is 3.65. The Morgan fingerprint density at radius 3 is 2.30 bits per heavy atom. The van der Waals surface area contributed by atoms with Crippen LogP contribution >= 0.6 is 11.3 Å². The molecule has 0 saturated carbocycles. The molecule has 0 bridgehead atoms. The molecule has 0 unspecified atom stereocenters. The molecule has 0 amide bonds. The van der Waals surface area contributed by atoms with Gasteiger partial charge >= 0.3 is 11.9 Å². The van der Waals surface area contributed by atoms with Gasteiger partial charge in [0.25, 0.3) is 0 Å². The molecule has 1 aliphatic heterocycles. The molecule has 0 radical (unpaired) electrons. The maximum atomic E-state index is 11.7. The summed E-state index contributed by atoms with van der Waals surface area (Å²) < 4.78 is 0.943. The van der Waals surface area contributed by atoms with Crippen LogP contribution in [0.2, 0.25) is 0 Å². The number of hydrogen-bond acceptors (Lipinski definition) is 5. The van der Waals surface area contributed by atoms with Crippen molar-refractivity contribution < 1.29 is 19.8 Å². The summed E-state index contributed by atoms with van der Waals surface area (Å²) in [5.74, 6) is -3.05. The van der Waals surface area contributed by atoms with Crippen LogP contribution in [0.4, 0.5) is 0 Å². The van der Waals surface area contributed by atoms with Crippen molar-refractivity contribution in [1.82, 2.24) is 10.3 Å². The summed E-state index contributed by atoms with van der Waals surface area (Å²) in [6.45, 7) is 3.29. The molecule has 0 fully saturated rings. The zero-order valence-electron chi connectivity index (χ0n) is 12.5. The van der Waals surface area contributed by atoms with Crippen molar-refractivity contribution in [3.8, 4) is 0 Å². The highest BCUT2D eigenvalue weighted by molar-refractivity contribution is 7.19. The first-order chi connectivity index (χ1) is 10.9. The van der Waals surface area contributed by atoms with Gasteiger partial charge in [0.05, 0.1) is 17.1 Å². The van der Waals surface area contributed by atoms with Gasteiger partial charge in [0.2, 0.25) is 0 Å². The van der Waals surface area contributed by atoms with Gasteiger partial charge in [0.15, 0.2) is 0 Å². The fourth-order valence-electron chi connectivity index (χ4n) is 2.89. The Morgan fingerprint density at radius 2 is 1.78 bits per heavy atom. The SMILES string of the molecule is CC1=C(C(=O)O)C(c2cc3cnccc3s2)C(C(=O)O)=C(C)N1. The molecule has 0 atom stereocenters. The summed E-state index contributed by atoms with van der Waals surface area (Å²) in [4.78, 5) is 28.2. The summed E-state index contributed by atoms with van der Waals surface area (Å²) >= 11 is 1.39. The Balaban J connectivity index is 2.26. The second-order valence-electron chi connectivity index (χ2n) is 5.31. The van der Waals surface area contributed by atoms with Crippen molar-refractivity contribution in [3.63, 3.8) is 0 Å². The van der Waals surface area contributed by atoms with Gasteiger partial charge in [0, 0.05) is 38.8 Å². The maximum absolute atomic E-state index is 11.7. The largest absolute Gasteiger partial charge is 0.478 e. The van der Waals surface area contributed by atoms with Crippen LogP contribution in [0.5, 0.6) is 0 Å². The lowest BCUT2D eigenvalue weighted by atomic mass is 9.84. The molecule has 118 valence electrons. The van der Waals surface area contributed by atoms with Crippen LogP contribution in [-0.4, -0.2) is 27.1 Å². The van der Waals surface area contributed by atoms with E-state index in [2.05, 4.69) is 10.3 Å². The van der Waals surface area contributed by atoms with Crippen LogP contribution in [0, 0.1) is 0 Å². The number of pyridine rings is 1. The molecule has 7 heteroatoms. The molecule has 3 rings (SSSR count). The normalized spacial score (nSPS) is 15.9. The number of aromatic nitrogens is 1. The van der Waals surface area contributed by atoms with E-state index in [4.69, 9.17) is 0 Å². The number of fused-ring (bicyclic) bond motifs is 1. The van der Waals surface area contributed by atoms with Gasteiger partial charge < -0.3 is 15.5 Å². The van der Waals surface area contributed by atoms with E-state index in [0.717, 1.165) is 10.1 Å². The number of carboxylic acids is 2. The smallest absolute Gasteiger partial charge is 0.334 e. The molecule has 2 aromatic heterocycles. The molecule has 0 spiro atoms. The molecule has 6 nitrogen and oxygen atoms in total. The van der Waals surface area contributed by atoms with Gasteiger partial charge in [-0.15, -0.1) is 11.3 Å². The Labute approximate surface area is 135 Å². The number of nitrogens with one attached hydrogen (secondary N) is 1. The van der Waals surface area contributed by atoms with Crippen molar-refractivity contribution in [3.05, 3.63) is 51.9 Å². The highest BCUT2D eigenvalue weighted by Crippen LogP contribution is 2.42. The van der Waals surface area contributed by atoms with E-state index >= 15 is 0 Å². The number of thiophene rings is 1. The summed E-state index contributed by atoms with van der Waals surface area (Å²) in [5.41, 5.74) is 1.04. The summed E-state index contributed by atoms with van der Waals surface area (Å²) in [6.07, 6.45) is 3.34. The average molecular weight is 330 g/mol. The van der Waals surface area contributed by atoms with E-state index in [1.807, 2.05) is 12.1 Å². The van der Waals surface area contributed by atoms with Crippen LogP contribution in [0.3, 0.4) is 0 Å². The van der Waals surface area contributed by atoms with Crippen LogP contribution in [0.15, 0.2) is 47.1 Å². The lowest BCUT2D eigenvalue weighted by molar-refractivity contribution is -0.133. The van der Waals surface area contributed by atoms with Crippen molar-refractivity contribution in [2.75, 3.05) is 0 Å². The molecule has 0 aromatic carbocycles. The molecular weight excluding hydrogens is 316 g/mol. The zero-order chi connectivity index (χ0) is 16.7. The minimum absolute atomic E-state index is 0.0625. The third-order valence-corrected chi connectivity index (χ3v) is 5.02. The monoisotopic (exact) mass is 330 g/mol. The number of nitrogens with zero attached hydrogens (tertiary/aromatic N) is 1. The van der Waals surface area contributed by atoms with E-state index in [1.165, 1.54) is 11.3 Å². The van der Waals surface area contributed by atoms with Crippen LogP contribution in [-0.2, 0) is 9.59 Å². The predicted octanol–water partition coefficient (Wildman–Crippen LogP) is 2.70. The number of aliphatic carboxylic acids is 2. The highest BCUT2D eigenvalue weighted by Gasteiger charge is 2.37. The first kappa shape index (κ1) is 15.2. The lowest BCUT2D eigenvalue weighted by Gasteiger charge is -2.27.